The van der Waals surface area contributed by atoms with Gasteiger partial charge >= 0.3 is 0 Å². The summed E-state index contributed by atoms with van der Waals surface area (Å²) in [6.45, 7) is 1.95. The average molecular weight is 385 g/mol. The lowest BCUT2D eigenvalue weighted by molar-refractivity contribution is -0.741. The van der Waals surface area contributed by atoms with Crippen LogP contribution in [0, 0.1) is 17.0 Å². The van der Waals surface area contributed by atoms with E-state index in [0.29, 0.717) is 5.56 Å². The fourth-order valence-corrected chi connectivity index (χ4v) is 1.65. The average Bonchev–Trinajstić information content (AvgIpc) is 2.39. The SMILES string of the molecule is Cc1ccc[n+](CC(=O)c2ccc([N+](=O)[O-])cc2)n1.[I-]. The van der Waals surface area contributed by atoms with E-state index in [1.165, 1.54) is 24.3 Å². The van der Waals surface area contributed by atoms with E-state index in [1.807, 2.05) is 19.1 Å². The monoisotopic (exact) mass is 385 g/mol. The topological polar surface area (TPSA) is 77.0 Å². The molecule has 2 aromatic rings. The highest BCUT2D eigenvalue weighted by atomic mass is 127. The second-order valence-electron chi connectivity index (χ2n) is 4.07. The summed E-state index contributed by atoms with van der Waals surface area (Å²) in [4.78, 5) is 22.0. The van der Waals surface area contributed by atoms with Crippen LogP contribution in [0.25, 0.3) is 0 Å². The maximum atomic E-state index is 12.0. The van der Waals surface area contributed by atoms with Crippen LogP contribution in [0.2, 0.25) is 0 Å². The first-order valence-electron chi connectivity index (χ1n) is 5.67. The molecule has 0 radical (unpaired) electrons. The summed E-state index contributed by atoms with van der Waals surface area (Å²) in [6, 6.07) is 9.20. The third-order valence-corrected chi connectivity index (χ3v) is 2.59. The Morgan fingerprint density at radius 2 is 1.95 bits per heavy atom. The van der Waals surface area contributed by atoms with Gasteiger partial charge in [0, 0.05) is 23.8 Å². The summed E-state index contributed by atoms with van der Waals surface area (Å²) < 4.78 is 1.54. The maximum absolute atomic E-state index is 12.0. The van der Waals surface area contributed by atoms with Gasteiger partial charge in [-0.25, -0.2) is 0 Å². The van der Waals surface area contributed by atoms with Crippen molar-refractivity contribution in [1.29, 1.82) is 0 Å². The van der Waals surface area contributed by atoms with Crippen LogP contribution >= 0.6 is 0 Å². The number of non-ortho nitro benzene ring substituents is 1. The summed E-state index contributed by atoms with van der Waals surface area (Å²) in [7, 11) is 0. The molecule has 0 atom stereocenters. The molecule has 0 aliphatic heterocycles. The quantitative estimate of drug-likeness (QED) is 0.211. The molecule has 0 spiro atoms. The molecule has 0 N–H and O–H groups in total. The number of nitro benzene ring substituents is 1. The number of carbonyl (C=O) groups excluding carboxylic acids is 1. The van der Waals surface area contributed by atoms with Gasteiger partial charge in [0.2, 0.25) is 12.3 Å². The third kappa shape index (κ3) is 4.05. The lowest BCUT2D eigenvalue weighted by atomic mass is 10.1. The molecular weight excluding hydrogens is 373 g/mol. The van der Waals surface area contributed by atoms with Crippen LogP contribution in [-0.4, -0.2) is 15.8 Å². The van der Waals surface area contributed by atoms with Crippen LogP contribution in [0.5, 0.6) is 0 Å². The third-order valence-electron chi connectivity index (χ3n) is 2.59. The molecule has 104 valence electrons. The van der Waals surface area contributed by atoms with E-state index in [0.717, 1.165) is 5.69 Å². The highest BCUT2D eigenvalue weighted by Gasteiger charge is 2.15. The predicted octanol–water partition coefficient (Wildman–Crippen LogP) is -1.53. The second-order valence-corrected chi connectivity index (χ2v) is 4.07. The number of carbonyl (C=O) groups is 1. The fraction of sp³-hybridized carbons (Fsp3) is 0.154. The lowest BCUT2D eigenvalue weighted by Gasteiger charge is -1.97. The zero-order valence-electron chi connectivity index (χ0n) is 10.7. The van der Waals surface area contributed by atoms with E-state index in [1.54, 1.807) is 10.9 Å². The number of hydrogen-bond donors (Lipinski definition) is 0. The number of rotatable bonds is 4. The Bertz CT molecular complexity index is 629. The molecule has 1 aromatic heterocycles. The number of aryl methyl sites for hydroxylation is 1. The smallest absolute Gasteiger partial charge is 0.269 e. The van der Waals surface area contributed by atoms with Crippen LogP contribution in [0.4, 0.5) is 5.69 Å². The molecule has 0 saturated carbocycles. The van der Waals surface area contributed by atoms with E-state index >= 15 is 0 Å². The highest BCUT2D eigenvalue weighted by molar-refractivity contribution is 5.95. The summed E-state index contributed by atoms with van der Waals surface area (Å²) in [5.74, 6) is -0.141. The Morgan fingerprint density at radius 3 is 2.50 bits per heavy atom. The van der Waals surface area contributed by atoms with Crippen molar-refractivity contribution in [2.45, 2.75) is 13.5 Å². The molecule has 1 aromatic carbocycles. The molecular formula is C13H12IN3O3. The van der Waals surface area contributed by atoms with Crippen LogP contribution in [0.1, 0.15) is 16.1 Å². The van der Waals surface area contributed by atoms with E-state index in [9.17, 15) is 14.9 Å². The Labute approximate surface area is 132 Å². The van der Waals surface area contributed by atoms with Gasteiger partial charge in [-0.1, -0.05) is 4.68 Å². The molecule has 20 heavy (non-hydrogen) atoms. The fourth-order valence-electron chi connectivity index (χ4n) is 1.65. The maximum Gasteiger partial charge on any atom is 0.269 e. The number of nitro groups is 1. The van der Waals surface area contributed by atoms with Gasteiger partial charge in [0.1, 0.15) is 5.69 Å². The van der Waals surface area contributed by atoms with Gasteiger partial charge in [-0.2, -0.15) is 0 Å². The standard InChI is InChI=1S/C13H12N3O3.HI/c1-10-3-2-8-15(14-10)9-13(17)11-4-6-12(7-5-11)16(18)19;/h2-8H,9H2,1H3;1H/q+1;/p-1. The van der Waals surface area contributed by atoms with Gasteiger partial charge < -0.3 is 24.0 Å². The second kappa shape index (κ2) is 7.04. The van der Waals surface area contributed by atoms with Crippen molar-refractivity contribution in [1.82, 2.24) is 5.10 Å². The Hall–Kier alpha value is -1.90. The molecule has 6 nitrogen and oxygen atoms in total. The molecule has 0 saturated heterocycles. The summed E-state index contributed by atoms with van der Waals surface area (Å²) in [5.41, 5.74) is 1.22. The number of benzene rings is 1. The zero-order valence-corrected chi connectivity index (χ0v) is 12.9. The number of aromatic nitrogens is 2. The largest absolute Gasteiger partial charge is 1.00 e. The van der Waals surface area contributed by atoms with E-state index in [4.69, 9.17) is 0 Å². The van der Waals surface area contributed by atoms with Crippen LogP contribution in [0.3, 0.4) is 0 Å². The highest BCUT2D eigenvalue weighted by Crippen LogP contribution is 2.12. The number of nitrogens with zero attached hydrogens (tertiary/aromatic N) is 3. The van der Waals surface area contributed by atoms with Crippen molar-refractivity contribution < 1.29 is 38.4 Å². The molecule has 7 heteroatoms. The minimum absolute atomic E-state index is 0. The van der Waals surface area contributed by atoms with Crippen molar-refractivity contribution in [2.24, 2.45) is 0 Å². The van der Waals surface area contributed by atoms with Crippen LogP contribution in [0.15, 0.2) is 42.6 Å². The van der Waals surface area contributed by atoms with E-state index < -0.39 is 4.92 Å². The normalized spacial score (nSPS) is 9.65. The van der Waals surface area contributed by atoms with Crippen molar-refractivity contribution in [3.8, 4) is 0 Å². The van der Waals surface area contributed by atoms with Crippen molar-refractivity contribution in [3.05, 3.63) is 64.0 Å². The summed E-state index contributed by atoms with van der Waals surface area (Å²) in [6.07, 6.45) is 1.70. The molecule has 2 rings (SSSR count). The van der Waals surface area contributed by atoms with Crippen molar-refractivity contribution in [3.63, 3.8) is 0 Å². The van der Waals surface area contributed by atoms with Crippen molar-refractivity contribution >= 4 is 11.5 Å². The Morgan fingerprint density at radius 1 is 1.30 bits per heavy atom. The number of ketones is 1. The zero-order chi connectivity index (χ0) is 13.8. The van der Waals surface area contributed by atoms with Gasteiger partial charge in [-0.15, -0.1) is 0 Å². The van der Waals surface area contributed by atoms with Gasteiger partial charge in [0.15, 0.2) is 6.20 Å². The van der Waals surface area contributed by atoms with Gasteiger partial charge in [0.25, 0.3) is 5.69 Å². The molecule has 1 heterocycles. The van der Waals surface area contributed by atoms with E-state index in [-0.39, 0.29) is 42.0 Å². The van der Waals surface area contributed by atoms with Crippen molar-refractivity contribution in [2.75, 3.05) is 0 Å². The van der Waals surface area contributed by atoms with Gasteiger partial charge in [-0.3, -0.25) is 14.9 Å². The summed E-state index contributed by atoms with van der Waals surface area (Å²) >= 11 is 0. The molecule has 0 bridgehead atoms. The first-order chi connectivity index (χ1) is 9.06. The first kappa shape index (κ1) is 16.2. The number of halogens is 1. The minimum atomic E-state index is -0.495. The lowest BCUT2D eigenvalue weighted by Crippen LogP contribution is -3.00. The van der Waals surface area contributed by atoms with Crippen LogP contribution in [-0.2, 0) is 6.54 Å². The Balaban J connectivity index is 0.00000200. The van der Waals surface area contributed by atoms with Gasteiger partial charge in [-0.05, 0) is 30.2 Å². The Kier molecular flexibility index (Phi) is 5.68. The first-order valence-corrected chi connectivity index (χ1v) is 5.67. The van der Waals surface area contributed by atoms with E-state index in [2.05, 4.69) is 5.10 Å². The number of Topliss-reactive ketones (excluding diaryl/α,β-unsaturated/α-hetero) is 1. The predicted molar refractivity (Wildman–Crippen MR) is 66.6 cm³/mol. The molecule has 0 aliphatic carbocycles. The summed E-state index contributed by atoms with van der Waals surface area (Å²) in [5, 5.41) is 14.7. The molecule has 0 unspecified atom stereocenters. The molecule has 0 aliphatic rings. The number of hydrogen-bond acceptors (Lipinski definition) is 4. The molecule has 0 fully saturated rings. The minimum Gasteiger partial charge on any atom is -1.00 e. The molecule has 0 amide bonds. The van der Waals surface area contributed by atoms with Crippen LogP contribution < -0.4 is 28.7 Å². The van der Waals surface area contributed by atoms with Gasteiger partial charge in [0.05, 0.1) is 4.92 Å².